The van der Waals surface area contributed by atoms with E-state index >= 15 is 0 Å². The number of hydrogen-bond donors (Lipinski definition) is 2. The van der Waals surface area contributed by atoms with Crippen molar-refractivity contribution in [2.75, 3.05) is 0 Å². The van der Waals surface area contributed by atoms with Gasteiger partial charge in [-0.25, -0.2) is 8.42 Å². The van der Waals surface area contributed by atoms with Crippen molar-refractivity contribution in [1.29, 1.82) is 0 Å². The van der Waals surface area contributed by atoms with Crippen LogP contribution in [0.15, 0.2) is 35.2 Å². The van der Waals surface area contributed by atoms with Crippen molar-refractivity contribution < 1.29 is 18.6 Å². The lowest BCUT2D eigenvalue weighted by atomic mass is 10.4. The van der Waals surface area contributed by atoms with Gasteiger partial charge < -0.3 is 10.2 Å². The van der Waals surface area contributed by atoms with E-state index in [2.05, 4.69) is 0 Å². The predicted octanol–water partition coefficient (Wildman–Crippen LogP) is 0.540. The molecule has 14 heavy (non-hydrogen) atoms. The van der Waals surface area contributed by atoms with Crippen molar-refractivity contribution in [2.24, 2.45) is 0 Å². The molecule has 0 unspecified atom stereocenters. The van der Waals surface area contributed by atoms with Crippen molar-refractivity contribution in [3.05, 3.63) is 30.3 Å². The van der Waals surface area contributed by atoms with Gasteiger partial charge in [-0.2, -0.15) is 0 Å². The van der Waals surface area contributed by atoms with Crippen LogP contribution < -0.4 is 0 Å². The molecule has 6 heteroatoms. The highest BCUT2D eigenvalue weighted by atomic mass is 35.5. The molecule has 80 valence electrons. The molecule has 0 radical (unpaired) electrons. The van der Waals surface area contributed by atoms with Crippen molar-refractivity contribution in [3.8, 4) is 0 Å². The Balaban J connectivity index is 0.00000169. The van der Waals surface area contributed by atoms with E-state index in [0.717, 1.165) is 6.92 Å². The van der Waals surface area contributed by atoms with Crippen molar-refractivity contribution in [3.63, 3.8) is 0 Å². The Hall–Kier alpha value is -0.620. The normalized spacial score (nSPS) is 11.9. The van der Waals surface area contributed by atoms with Crippen molar-refractivity contribution in [2.45, 2.75) is 16.9 Å². The Morgan fingerprint density at radius 3 is 1.93 bits per heavy atom. The van der Waals surface area contributed by atoms with Crippen LogP contribution in [-0.2, 0) is 9.84 Å². The van der Waals surface area contributed by atoms with Gasteiger partial charge in [0.1, 0.15) is 0 Å². The highest BCUT2D eigenvalue weighted by Crippen LogP contribution is 2.19. The van der Waals surface area contributed by atoms with Crippen LogP contribution in [0.2, 0.25) is 0 Å². The molecule has 0 aliphatic heterocycles. The largest absolute Gasteiger partial charge is 0.354 e. The molecule has 0 aliphatic rings. The van der Waals surface area contributed by atoms with Crippen molar-refractivity contribution >= 4 is 22.2 Å². The van der Waals surface area contributed by atoms with Crippen LogP contribution in [0.5, 0.6) is 0 Å². The van der Waals surface area contributed by atoms with E-state index in [4.69, 9.17) is 10.2 Å². The molecule has 1 rings (SSSR count). The van der Waals surface area contributed by atoms with Crippen LogP contribution in [0.25, 0.3) is 0 Å². The quantitative estimate of drug-likeness (QED) is 0.738. The average Bonchev–Trinajstić information content (AvgIpc) is 2.04. The summed E-state index contributed by atoms with van der Waals surface area (Å²) >= 11 is 0. The second kappa shape index (κ2) is 4.27. The second-order valence-corrected chi connectivity index (χ2v) is 5.00. The summed E-state index contributed by atoms with van der Waals surface area (Å²) < 4.78 is 22.7. The van der Waals surface area contributed by atoms with Gasteiger partial charge in [-0.1, -0.05) is 18.2 Å². The topological polar surface area (TPSA) is 74.6 Å². The maximum atomic E-state index is 11.4. The summed E-state index contributed by atoms with van der Waals surface area (Å²) in [6.07, 6.45) is 0. The zero-order valence-corrected chi connectivity index (χ0v) is 9.05. The second-order valence-electron chi connectivity index (χ2n) is 2.75. The minimum atomic E-state index is -4.07. The zero-order valence-electron chi connectivity index (χ0n) is 7.41. The van der Waals surface area contributed by atoms with E-state index in [1.165, 1.54) is 24.3 Å². The molecule has 0 heterocycles. The van der Waals surface area contributed by atoms with Crippen LogP contribution in [0.3, 0.4) is 0 Å². The number of rotatable bonds is 2. The smallest absolute Gasteiger partial charge is 0.270 e. The minimum Gasteiger partial charge on any atom is -0.354 e. The summed E-state index contributed by atoms with van der Waals surface area (Å²) in [5.41, 5.74) is 0. The average molecular weight is 239 g/mol. The van der Waals surface area contributed by atoms with E-state index in [-0.39, 0.29) is 17.3 Å². The Morgan fingerprint density at radius 1 is 1.14 bits per heavy atom. The van der Waals surface area contributed by atoms with Gasteiger partial charge in [-0.05, 0) is 12.1 Å². The number of aliphatic hydroxyl groups is 2. The van der Waals surface area contributed by atoms with Gasteiger partial charge in [0.25, 0.3) is 5.12 Å². The summed E-state index contributed by atoms with van der Waals surface area (Å²) in [5.74, 6) is 0. The van der Waals surface area contributed by atoms with E-state index < -0.39 is 15.0 Å². The lowest BCUT2D eigenvalue weighted by Gasteiger charge is -2.15. The van der Waals surface area contributed by atoms with Crippen LogP contribution in [0.4, 0.5) is 0 Å². The Morgan fingerprint density at radius 2 is 1.57 bits per heavy atom. The fraction of sp³-hybridized carbons (Fsp3) is 0.250. The third-order valence-corrected chi connectivity index (χ3v) is 3.47. The highest BCUT2D eigenvalue weighted by molar-refractivity contribution is 7.92. The first kappa shape index (κ1) is 13.4. The van der Waals surface area contributed by atoms with Crippen LogP contribution in [0, 0.1) is 0 Å². The first-order valence-corrected chi connectivity index (χ1v) is 5.08. The molecule has 4 nitrogen and oxygen atoms in total. The first-order valence-electron chi connectivity index (χ1n) is 3.60. The van der Waals surface area contributed by atoms with Crippen molar-refractivity contribution in [1.82, 2.24) is 0 Å². The predicted molar refractivity (Wildman–Crippen MR) is 53.7 cm³/mol. The van der Waals surface area contributed by atoms with E-state index in [9.17, 15) is 8.42 Å². The van der Waals surface area contributed by atoms with Gasteiger partial charge in [-0.3, -0.25) is 0 Å². The number of halogens is 1. The van der Waals surface area contributed by atoms with Gasteiger partial charge in [0, 0.05) is 6.92 Å². The third-order valence-electron chi connectivity index (χ3n) is 1.56. The fourth-order valence-corrected chi connectivity index (χ4v) is 1.78. The monoisotopic (exact) mass is 238 g/mol. The minimum absolute atomic E-state index is 0. The van der Waals surface area contributed by atoms with Crippen LogP contribution >= 0.6 is 12.4 Å². The van der Waals surface area contributed by atoms with Gasteiger partial charge in [-0.15, -0.1) is 12.4 Å². The lowest BCUT2D eigenvalue weighted by Crippen LogP contribution is -2.34. The molecule has 1 aromatic carbocycles. The summed E-state index contributed by atoms with van der Waals surface area (Å²) in [6, 6.07) is 7.28. The Kier molecular flexibility index (Phi) is 4.08. The maximum absolute atomic E-state index is 11.4. The molecule has 0 atom stereocenters. The molecule has 0 spiro atoms. The molecular weight excluding hydrogens is 228 g/mol. The van der Waals surface area contributed by atoms with Gasteiger partial charge in [0.05, 0.1) is 4.90 Å². The third kappa shape index (κ3) is 2.45. The summed E-state index contributed by atoms with van der Waals surface area (Å²) in [5, 5.41) is 15.2. The number of hydrogen-bond acceptors (Lipinski definition) is 4. The van der Waals surface area contributed by atoms with Crippen LogP contribution in [0.1, 0.15) is 6.92 Å². The molecule has 0 amide bonds. The lowest BCUT2D eigenvalue weighted by molar-refractivity contribution is -0.0681. The molecule has 0 fully saturated rings. The van der Waals surface area contributed by atoms with Gasteiger partial charge in [0.2, 0.25) is 9.84 Å². The molecule has 0 bridgehead atoms. The summed E-state index contributed by atoms with van der Waals surface area (Å²) in [6.45, 7) is 0.815. The van der Waals surface area contributed by atoms with Crippen LogP contribution in [-0.4, -0.2) is 23.7 Å². The first-order chi connectivity index (χ1) is 5.86. The molecule has 0 aromatic heterocycles. The van der Waals surface area contributed by atoms with Gasteiger partial charge >= 0.3 is 0 Å². The molecule has 1 aromatic rings. The Labute approximate surface area is 88.5 Å². The number of benzene rings is 1. The Bertz CT molecular complexity index is 380. The number of sulfone groups is 1. The standard InChI is InChI=1S/C8H10O4S.ClH/c1-8(9,10)13(11,12)7-5-3-2-4-6-7;/h2-6,9-10H,1H3;1H. The van der Waals surface area contributed by atoms with E-state index in [0.29, 0.717) is 0 Å². The molecular formula is C8H11ClO4S. The maximum Gasteiger partial charge on any atom is 0.270 e. The van der Waals surface area contributed by atoms with E-state index in [1.807, 2.05) is 0 Å². The molecule has 0 saturated heterocycles. The SMILES string of the molecule is CC(O)(O)S(=O)(=O)c1ccccc1.Cl. The molecule has 0 saturated carbocycles. The van der Waals surface area contributed by atoms with Gasteiger partial charge in [0.15, 0.2) is 0 Å². The summed E-state index contributed by atoms with van der Waals surface area (Å²) in [7, 11) is -4.07. The molecule has 2 N–H and O–H groups in total. The molecule has 0 aliphatic carbocycles. The zero-order chi connectivity index (χ0) is 10.1. The summed E-state index contributed by atoms with van der Waals surface area (Å²) in [4.78, 5) is -0.109. The van der Waals surface area contributed by atoms with E-state index in [1.54, 1.807) is 6.07 Å². The highest BCUT2D eigenvalue weighted by Gasteiger charge is 2.35. The fourth-order valence-electron chi connectivity index (χ4n) is 0.823.